The van der Waals surface area contributed by atoms with Gasteiger partial charge < -0.3 is 4.74 Å². The highest BCUT2D eigenvalue weighted by Crippen LogP contribution is 2.01. The molecule has 0 saturated heterocycles. The Balaban J connectivity index is 3.73. The van der Waals surface area contributed by atoms with Crippen molar-refractivity contribution in [3.05, 3.63) is 12.2 Å². The molecule has 1 atom stereocenters. The second-order valence-corrected chi connectivity index (χ2v) is 2.76. The van der Waals surface area contributed by atoms with Gasteiger partial charge in [-0.3, -0.25) is 0 Å². The third-order valence-electron chi connectivity index (χ3n) is 1.37. The molecular formula is C9H13NO3. The van der Waals surface area contributed by atoms with Gasteiger partial charge in [-0.1, -0.05) is 6.58 Å². The molecule has 0 rings (SSSR count). The van der Waals surface area contributed by atoms with Gasteiger partial charge >= 0.3 is 5.97 Å². The number of ether oxygens (including phenoxy) is 1. The van der Waals surface area contributed by atoms with Crippen LogP contribution in [0.15, 0.2) is 17.1 Å². The summed E-state index contributed by atoms with van der Waals surface area (Å²) >= 11 is 0. The Bertz CT molecular complexity index is 241. The number of carbonyl (C=O) groups excluding carboxylic acids is 2. The third kappa shape index (κ3) is 5.82. The van der Waals surface area contributed by atoms with Crippen LogP contribution in [0.4, 0.5) is 0 Å². The summed E-state index contributed by atoms with van der Waals surface area (Å²) in [5.74, 6) is -0.414. The van der Waals surface area contributed by atoms with E-state index in [2.05, 4.69) is 11.6 Å². The molecule has 0 heterocycles. The van der Waals surface area contributed by atoms with Crippen LogP contribution in [0.3, 0.4) is 0 Å². The van der Waals surface area contributed by atoms with E-state index in [1.54, 1.807) is 13.8 Å². The predicted molar refractivity (Wildman–Crippen MR) is 48.0 cm³/mol. The summed E-state index contributed by atoms with van der Waals surface area (Å²) in [6.07, 6.45) is 1.69. The molecule has 0 aromatic carbocycles. The summed E-state index contributed by atoms with van der Waals surface area (Å²) in [4.78, 5) is 24.0. The van der Waals surface area contributed by atoms with Gasteiger partial charge in [-0.25, -0.2) is 14.6 Å². The lowest BCUT2D eigenvalue weighted by Crippen LogP contribution is -2.16. The number of aliphatic imine (C=N–C) groups is 1. The molecule has 4 heteroatoms. The Morgan fingerprint density at radius 2 is 2.31 bits per heavy atom. The molecular weight excluding hydrogens is 170 g/mol. The number of carbonyl (C=O) groups is 1. The quantitative estimate of drug-likeness (QED) is 0.279. The van der Waals surface area contributed by atoms with Gasteiger partial charge in [-0.15, -0.1) is 0 Å². The van der Waals surface area contributed by atoms with E-state index in [4.69, 9.17) is 4.74 Å². The molecule has 0 aliphatic carbocycles. The lowest BCUT2D eigenvalue weighted by atomic mass is 10.3. The molecule has 1 unspecified atom stereocenters. The number of nitrogens with zero attached hydrogens (tertiary/aromatic N) is 1. The smallest absolute Gasteiger partial charge is 0.333 e. The molecule has 0 aromatic rings. The van der Waals surface area contributed by atoms with Crippen molar-refractivity contribution >= 4 is 12.0 Å². The van der Waals surface area contributed by atoms with E-state index in [1.165, 1.54) is 6.08 Å². The lowest BCUT2D eigenvalue weighted by molar-refractivity contribution is -0.143. The van der Waals surface area contributed by atoms with Crippen molar-refractivity contribution in [1.82, 2.24) is 0 Å². The van der Waals surface area contributed by atoms with Crippen LogP contribution in [0, 0.1) is 0 Å². The van der Waals surface area contributed by atoms with Crippen LogP contribution >= 0.6 is 0 Å². The number of hydrogen-bond donors (Lipinski definition) is 0. The van der Waals surface area contributed by atoms with Crippen LogP contribution in [0.2, 0.25) is 0 Å². The third-order valence-corrected chi connectivity index (χ3v) is 1.37. The second-order valence-electron chi connectivity index (χ2n) is 2.76. The van der Waals surface area contributed by atoms with Crippen molar-refractivity contribution in [2.24, 2.45) is 4.99 Å². The molecule has 0 spiro atoms. The van der Waals surface area contributed by atoms with Crippen molar-refractivity contribution < 1.29 is 14.3 Å². The van der Waals surface area contributed by atoms with E-state index in [9.17, 15) is 9.59 Å². The van der Waals surface area contributed by atoms with Gasteiger partial charge in [0.25, 0.3) is 0 Å². The first-order valence-electron chi connectivity index (χ1n) is 3.98. The number of esters is 1. The molecule has 0 amide bonds. The average molecular weight is 183 g/mol. The monoisotopic (exact) mass is 183 g/mol. The minimum atomic E-state index is -0.414. The minimum absolute atomic E-state index is 0.249. The van der Waals surface area contributed by atoms with E-state index in [0.29, 0.717) is 18.5 Å². The highest BCUT2D eigenvalue weighted by molar-refractivity contribution is 5.87. The Hall–Kier alpha value is -1.41. The Morgan fingerprint density at radius 3 is 2.77 bits per heavy atom. The van der Waals surface area contributed by atoms with Crippen LogP contribution in [0.1, 0.15) is 20.3 Å². The van der Waals surface area contributed by atoms with Crippen LogP contribution in [0.5, 0.6) is 0 Å². The summed E-state index contributed by atoms with van der Waals surface area (Å²) in [5.41, 5.74) is 0.366. The molecule has 0 saturated carbocycles. The van der Waals surface area contributed by atoms with E-state index in [0.717, 1.165) is 0 Å². The van der Waals surface area contributed by atoms with Crippen molar-refractivity contribution in [3.63, 3.8) is 0 Å². The van der Waals surface area contributed by atoms with E-state index < -0.39 is 5.97 Å². The maximum Gasteiger partial charge on any atom is 0.333 e. The SMILES string of the molecule is C=C(C)C(=O)OC(C)CCN=C=O. The molecule has 72 valence electrons. The van der Waals surface area contributed by atoms with E-state index >= 15 is 0 Å². The van der Waals surface area contributed by atoms with Gasteiger partial charge in [0.2, 0.25) is 6.08 Å². The van der Waals surface area contributed by atoms with E-state index in [-0.39, 0.29) is 6.10 Å². The minimum Gasteiger partial charge on any atom is -0.459 e. The summed E-state index contributed by atoms with van der Waals surface area (Å²) in [7, 11) is 0. The largest absolute Gasteiger partial charge is 0.459 e. The first-order valence-corrected chi connectivity index (χ1v) is 3.98. The fraction of sp³-hybridized carbons (Fsp3) is 0.556. The summed E-state index contributed by atoms with van der Waals surface area (Å²) < 4.78 is 4.93. The number of hydrogen-bond acceptors (Lipinski definition) is 4. The fourth-order valence-corrected chi connectivity index (χ4v) is 0.634. The van der Waals surface area contributed by atoms with Crippen LogP contribution in [-0.2, 0) is 14.3 Å². The highest BCUT2D eigenvalue weighted by Gasteiger charge is 2.08. The van der Waals surface area contributed by atoms with Crippen molar-refractivity contribution in [3.8, 4) is 0 Å². The first-order chi connectivity index (χ1) is 6.07. The lowest BCUT2D eigenvalue weighted by Gasteiger charge is -2.10. The fourth-order valence-electron chi connectivity index (χ4n) is 0.634. The molecule has 0 aromatic heterocycles. The van der Waals surface area contributed by atoms with Gasteiger partial charge in [-0.05, 0) is 13.8 Å². The summed E-state index contributed by atoms with van der Waals surface area (Å²) in [5, 5.41) is 0. The van der Waals surface area contributed by atoms with Crippen LogP contribution in [0.25, 0.3) is 0 Å². The van der Waals surface area contributed by atoms with Crippen molar-refractivity contribution in [2.75, 3.05) is 6.54 Å². The Kier molecular flexibility index (Phi) is 5.48. The van der Waals surface area contributed by atoms with Gasteiger partial charge in [0.15, 0.2) is 0 Å². The molecule has 0 aliphatic rings. The van der Waals surface area contributed by atoms with Gasteiger partial charge in [0.1, 0.15) is 6.10 Å². The normalized spacial score (nSPS) is 11.2. The van der Waals surface area contributed by atoms with Crippen molar-refractivity contribution in [1.29, 1.82) is 0 Å². The molecule has 13 heavy (non-hydrogen) atoms. The predicted octanol–water partition coefficient (Wildman–Crippen LogP) is 1.22. The van der Waals surface area contributed by atoms with Crippen LogP contribution in [-0.4, -0.2) is 24.7 Å². The Morgan fingerprint density at radius 1 is 1.69 bits per heavy atom. The molecule has 0 bridgehead atoms. The number of isocyanates is 1. The standard InChI is InChI=1S/C9H13NO3/c1-7(2)9(12)13-8(3)4-5-10-6-11/h8H,1,4-5H2,2-3H3. The topological polar surface area (TPSA) is 55.7 Å². The zero-order valence-electron chi connectivity index (χ0n) is 7.87. The summed E-state index contributed by atoms with van der Waals surface area (Å²) in [6.45, 7) is 7.09. The highest BCUT2D eigenvalue weighted by atomic mass is 16.5. The second kappa shape index (κ2) is 6.14. The number of rotatable bonds is 5. The maximum absolute atomic E-state index is 11.0. The van der Waals surface area contributed by atoms with Crippen molar-refractivity contribution in [2.45, 2.75) is 26.4 Å². The first kappa shape index (κ1) is 11.6. The maximum atomic E-state index is 11.0. The van der Waals surface area contributed by atoms with Crippen LogP contribution < -0.4 is 0 Å². The zero-order chi connectivity index (χ0) is 10.3. The molecule has 0 N–H and O–H groups in total. The van der Waals surface area contributed by atoms with Gasteiger partial charge in [0, 0.05) is 12.0 Å². The zero-order valence-corrected chi connectivity index (χ0v) is 7.87. The Labute approximate surface area is 77.3 Å². The van der Waals surface area contributed by atoms with Gasteiger partial charge in [0.05, 0.1) is 6.54 Å². The molecule has 0 radical (unpaired) electrons. The molecule has 0 aliphatic heterocycles. The molecule has 0 fully saturated rings. The molecule has 4 nitrogen and oxygen atoms in total. The van der Waals surface area contributed by atoms with Gasteiger partial charge in [-0.2, -0.15) is 0 Å². The van der Waals surface area contributed by atoms with E-state index in [1.807, 2.05) is 0 Å². The average Bonchev–Trinajstić information content (AvgIpc) is 2.04. The summed E-state index contributed by atoms with van der Waals surface area (Å²) in [6, 6.07) is 0.